The largest absolute Gasteiger partial charge is 0.483 e. The molecule has 2 aliphatic heterocycles. The van der Waals surface area contributed by atoms with Gasteiger partial charge in [0.25, 0.3) is 11.8 Å². The average molecular weight is 523 g/mol. The molecule has 2 aliphatic rings. The van der Waals surface area contributed by atoms with Gasteiger partial charge >= 0.3 is 0 Å². The van der Waals surface area contributed by atoms with E-state index in [0.717, 1.165) is 30.7 Å². The van der Waals surface area contributed by atoms with Crippen molar-refractivity contribution in [3.8, 4) is 5.75 Å². The molecule has 8 nitrogen and oxygen atoms in total. The van der Waals surface area contributed by atoms with E-state index < -0.39 is 23.0 Å². The SMILES string of the molecule is C[C@H]1CCN(C)[C@@H]2Cn3cc(C(=O)NCc4ccc(F)cc4F)c(=O)c(OCc4ccccc4)c3C(=O)N12. The van der Waals surface area contributed by atoms with Gasteiger partial charge in [0, 0.05) is 37.0 Å². The Morgan fingerprint density at radius 1 is 1.13 bits per heavy atom. The summed E-state index contributed by atoms with van der Waals surface area (Å²) < 4.78 is 34.9. The number of halogens is 2. The molecule has 3 heterocycles. The summed E-state index contributed by atoms with van der Waals surface area (Å²) in [5.41, 5.74) is 0.00753. The molecule has 5 rings (SSSR count). The number of fused-ring (bicyclic) bond motifs is 2. The van der Waals surface area contributed by atoms with Gasteiger partial charge in [0.05, 0.1) is 6.54 Å². The highest BCUT2D eigenvalue weighted by Gasteiger charge is 2.42. The number of aromatic nitrogens is 1. The summed E-state index contributed by atoms with van der Waals surface area (Å²) in [5, 5.41) is 2.53. The molecule has 198 valence electrons. The van der Waals surface area contributed by atoms with Crippen molar-refractivity contribution in [3.05, 3.63) is 99.0 Å². The van der Waals surface area contributed by atoms with Gasteiger partial charge in [-0.1, -0.05) is 36.4 Å². The summed E-state index contributed by atoms with van der Waals surface area (Å²) in [6.45, 7) is 2.91. The second-order valence-corrected chi connectivity index (χ2v) is 9.71. The maximum absolute atomic E-state index is 14.1. The lowest BCUT2D eigenvalue weighted by Crippen LogP contribution is -2.62. The second-order valence-electron chi connectivity index (χ2n) is 9.71. The summed E-state index contributed by atoms with van der Waals surface area (Å²) in [5.74, 6) is -2.82. The lowest BCUT2D eigenvalue weighted by molar-refractivity contribution is -0.0211. The Kier molecular flexibility index (Phi) is 6.98. The van der Waals surface area contributed by atoms with Crippen molar-refractivity contribution in [2.75, 3.05) is 13.6 Å². The molecule has 2 amide bonds. The smallest absolute Gasteiger partial charge is 0.276 e. The molecule has 0 bridgehead atoms. The summed E-state index contributed by atoms with van der Waals surface area (Å²) in [7, 11) is 1.93. The Bertz CT molecular complexity index is 1440. The first-order valence-electron chi connectivity index (χ1n) is 12.4. The molecule has 10 heteroatoms. The maximum Gasteiger partial charge on any atom is 0.276 e. The van der Waals surface area contributed by atoms with Gasteiger partial charge in [0.15, 0.2) is 11.4 Å². The van der Waals surface area contributed by atoms with Crippen LogP contribution in [0.4, 0.5) is 8.78 Å². The van der Waals surface area contributed by atoms with E-state index in [2.05, 4.69) is 10.2 Å². The molecule has 38 heavy (non-hydrogen) atoms. The number of likely N-dealkylation sites (N-methyl/N-ethyl adjacent to an activating group) is 1. The van der Waals surface area contributed by atoms with E-state index in [-0.39, 0.29) is 53.8 Å². The van der Waals surface area contributed by atoms with Crippen molar-refractivity contribution in [3.63, 3.8) is 0 Å². The minimum Gasteiger partial charge on any atom is -0.483 e. The van der Waals surface area contributed by atoms with Crippen LogP contribution in [-0.2, 0) is 19.7 Å². The molecule has 0 saturated carbocycles. The van der Waals surface area contributed by atoms with Crippen molar-refractivity contribution in [2.45, 2.75) is 45.2 Å². The van der Waals surface area contributed by atoms with Crippen LogP contribution in [-0.4, -0.2) is 52.0 Å². The van der Waals surface area contributed by atoms with Gasteiger partial charge in [-0.15, -0.1) is 0 Å². The van der Waals surface area contributed by atoms with Crippen LogP contribution in [0.15, 0.2) is 59.5 Å². The van der Waals surface area contributed by atoms with E-state index in [1.807, 2.05) is 44.3 Å². The third kappa shape index (κ3) is 4.79. The van der Waals surface area contributed by atoms with Gasteiger partial charge in [-0.25, -0.2) is 8.78 Å². The van der Waals surface area contributed by atoms with Crippen LogP contribution < -0.4 is 15.5 Å². The average Bonchev–Trinajstić information content (AvgIpc) is 2.90. The second kappa shape index (κ2) is 10.4. The summed E-state index contributed by atoms with van der Waals surface area (Å²) >= 11 is 0. The predicted octanol–water partition coefficient (Wildman–Crippen LogP) is 3.14. The monoisotopic (exact) mass is 522 g/mol. The van der Waals surface area contributed by atoms with Crippen molar-refractivity contribution >= 4 is 11.8 Å². The number of hydrogen-bond donors (Lipinski definition) is 1. The van der Waals surface area contributed by atoms with Crippen LogP contribution in [0.3, 0.4) is 0 Å². The molecule has 1 aromatic heterocycles. The third-order valence-electron chi connectivity index (χ3n) is 7.16. The quantitative estimate of drug-likeness (QED) is 0.538. The normalized spacial score (nSPS) is 19.1. The fourth-order valence-electron chi connectivity index (χ4n) is 5.01. The summed E-state index contributed by atoms with van der Waals surface area (Å²) in [6, 6.07) is 12.2. The lowest BCUT2D eigenvalue weighted by Gasteiger charge is -2.49. The number of rotatable bonds is 6. The van der Waals surface area contributed by atoms with Crippen molar-refractivity contribution < 1.29 is 23.1 Å². The van der Waals surface area contributed by atoms with E-state index in [0.29, 0.717) is 6.54 Å². The number of hydrogen-bond acceptors (Lipinski definition) is 5. The minimum absolute atomic E-state index is 0.0249. The number of nitrogens with one attached hydrogen (secondary N) is 1. The zero-order valence-corrected chi connectivity index (χ0v) is 21.1. The molecule has 0 aliphatic carbocycles. The molecule has 2 atom stereocenters. The molecule has 1 saturated heterocycles. The summed E-state index contributed by atoms with van der Waals surface area (Å²) in [4.78, 5) is 44.3. The van der Waals surface area contributed by atoms with Crippen LogP contribution in [0.1, 0.15) is 45.3 Å². The zero-order chi connectivity index (χ0) is 27.0. The van der Waals surface area contributed by atoms with Gasteiger partial charge < -0.3 is 19.5 Å². The van der Waals surface area contributed by atoms with Crippen LogP contribution in [0.5, 0.6) is 5.75 Å². The molecule has 0 unspecified atom stereocenters. The molecule has 3 aromatic rings. The van der Waals surface area contributed by atoms with Crippen LogP contribution in [0, 0.1) is 11.6 Å². The number of pyridine rings is 1. The number of carbonyl (C=O) groups excluding carboxylic acids is 2. The lowest BCUT2D eigenvalue weighted by atomic mass is 10.0. The first-order valence-corrected chi connectivity index (χ1v) is 12.4. The molecular weight excluding hydrogens is 494 g/mol. The fourth-order valence-corrected chi connectivity index (χ4v) is 5.01. The van der Waals surface area contributed by atoms with Crippen LogP contribution in [0.2, 0.25) is 0 Å². The van der Waals surface area contributed by atoms with Crippen molar-refractivity contribution in [1.29, 1.82) is 0 Å². The molecule has 2 aromatic carbocycles. The number of benzene rings is 2. The standard InChI is InChI=1S/C28H28F2N4O4/c1-17-10-11-32(2)23-15-33-14-21(27(36)31-13-19-8-9-20(29)12-22(19)30)25(35)26(24(33)28(37)34(17)23)38-16-18-6-4-3-5-7-18/h3-9,12,14,17,23H,10-11,13,15-16H2,1-2H3,(H,31,36)/t17-,23-/m0/s1. The van der Waals surface area contributed by atoms with Gasteiger partial charge in [-0.2, -0.15) is 0 Å². The number of ether oxygens (including phenoxy) is 1. The van der Waals surface area contributed by atoms with E-state index in [1.165, 1.54) is 12.3 Å². The molecule has 0 spiro atoms. The van der Waals surface area contributed by atoms with Gasteiger partial charge in [0.2, 0.25) is 5.43 Å². The Labute approximate surface area is 218 Å². The van der Waals surface area contributed by atoms with Gasteiger partial charge in [-0.05, 0) is 32.0 Å². The predicted molar refractivity (Wildman–Crippen MR) is 136 cm³/mol. The Balaban J connectivity index is 1.52. The van der Waals surface area contributed by atoms with Crippen LogP contribution in [0.25, 0.3) is 0 Å². The number of nitrogens with zero attached hydrogens (tertiary/aromatic N) is 3. The Morgan fingerprint density at radius 3 is 2.63 bits per heavy atom. The first kappa shape index (κ1) is 25.6. The minimum atomic E-state index is -0.806. The number of carbonyl (C=O) groups is 2. The highest BCUT2D eigenvalue weighted by atomic mass is 19.1. The van der Waals surface area contributed by atoms with Crippen LogP contribution >= 0.6 is 0 Å². The fraction of sp³-hybridized carbons (Fsp3) is 0.321. The first-order chi connectivity index (χ1) is 18.2. The van der Waals surface area contributed by atoms with E-state index >= 15 is 0 Å². The highest BCUT2D eigenvalue weighted by molar-refractivity contribution is 5.99. The third-order valence-corrected chi connectivity index (χ3v) is 7.16. The Morgan fingerprint density at radius 2 is 1.89 bits per heavy atom. The molecular formula is C28H28F2N4O4. The van der Waals surface area contributed by atoms with Gasteiger partial charge in [0.1, 0.15) is 30.0 Å². The van der Waals surface area contributed by atoms with Gasteiger partial charge in [-0.3, -0.25) is 19.3 Å². The van der Waals surface area contributed by atoms with Crippen molar-refractivity contribution in [1.82, 2.24) is 19.7 Å². The van der Waals surface area contributed by atoms with E-state index in [4.69, 9.17) is 4.74 Å². The molecule has 1 fully saturated rings. The molecule has 1 N–H and O–H groups in total. The van der Waals surface area contributed by atoms with E-state index in [1.54, 1.807) is 9.47 Å². The Hall–Kier alpha value is -4.05. The molecule has 0 radical (unpaired) electrons. The van der Waals surface area contributed by atoms with Crippen molar-refractivity contribution in [2.24, 2.45) is 0 Å². The maximum atomic E-state index is 14.1. The van der Waals surface area contributed by atoms with E-state index in [9.17, 15) is 23.2 Å². The zero-order valence-electron chi connectivity index (χ0n) is 21.1. The topological polar surface area (TPSA) is 83.9 Å². The summed E-state index contributed by atoms with van der Waals surface area (Å²) in [6.07, 6.45) is 1.92. The highest BCUT2D eigenvalue weighted by Crippen LogP contribution is 2.31. The number of amides is 2.